The molecule has 102 valence electrons. The van der Waals surface area contributed by atoms with Crippen LogP contribution >= 0.6 is 0 Å². The number of aliphatic hydroxyl groups excluding tert-OH is 1. The van der Waals surface area contributed by atoms with Crippen molar-refractivity contribution < 1.29 is 27.4 Å². The van der Waals surface area contributed by atoms with Crippen LogP contribution in [0.3, 0.4) is 0 Å². The average Bonchev–Trinajstić information content (AvgIpc) is 2.27. The molecule has 0 saturated carbocycles. The third-order valence-electron chi connectivity index (χ3n) is 2.46. The zero-order valence-corrected chi connectivity index (χ0v) is 9.54. The molecule has 0 bridgehead atoms. The first-order chi connectivity index (χ1) is 8.25. The Morgan fingerprint density at radius 1 is 1.39 bits per heavy atom. The summed E-state index contributed by atoms with van der Waals surface area (Å²) in [5.41, 5.74) is 4.62. The van der Waals surface area contributed by atoms with Crippen LogP contribution in [0.4, 0.5) is 17.6 Å². The maximum Gasteiger partial charge on any atom is 0.403 e. The molecular formula is C11H13F4NO2. The van der Waals surface area contributed by atoms with Crippen molar-refractivity contribution in [1.82, 2.24) is 0 Å². The lowest BCUT2D eigenvalue weighted by Gasteiger charge is -2.19. The summed E-state index contributed by atoms with van der Waals surface area (Å²) < 4.78 is 54.8. The number of halogens is 4. The minimum atomic E-state index is -4.62. The molecule has 0 fully saturated rings. The summed E-state index contributed by atoms with van der Waals surface area (Å²) in [7, 11) is 1.32. The van der Waals surface area contributed by atoms with E-state index in [1.165, 1.54) is 19.2 Å². The van der Waals surface area contributed by atoms with Gasteiger partial charge in [-0.25, -0.2) is 4.39 Å². The van der Waals surface area contributed by atoms with Crippen molar-refractivity contribution in [3.05, 3.63) is 29.6 Å². The first kappa shape index (κ1) is 14.7. The van der Waals surface area contributed by atoms with Gasteiger partial charge in [0.05, 0.1) is 13.2 Å². The van der Waals surface area contributed by atoms with Gasteiger partial charge in [0, 0.05) is 18.1 Å². The summed E-state index contributed by atoms with van der Waals surface area (Å²) in [6, 6.07) is 1.30. The fourth-order valence-corrected chi connectivity index (χ4v) is 1.41. The molecule has 0 amide bonds. The molecule has 0 aliphatic rings. The molecule has 3 nitrogen and oxygen atoms in total. The second kappa shape index (κ2) is 5.53. The van der Waals surface area contributed by atoms with Gasteiger partial charge in [-0.05, 0) is 12.1 Å². The van der Waals surface area contributed by atoms with E-state index in [4.69, 9.17) is 10.5 Å². The number of rotatable bonds is 4. The molecular weight excluding hydrogens is 254 g/mol. The Bertz CT molecular complexity index is 409. The summed E-state index contributed by atoms with van der Waals surface area (Å²) in [5.74, 6) is -0.625. The van der Waals surface area contributed by atoms with E-state index in [-0.39, 0.29) is 11.3 Å². The molecule has 0 spiro atoms. The summed E-state index contributed by atoms with van der Waals surface area (Å²) in [6.45, 7) is 0. The molecule has 0 saturated heterocycles. The standard InChI is InChI=1S/C11H13F4NO2/c1-18-6-2-3-7(8(12)4-6)9(17)5-10(16)11(13,14)15/h2-4,9-10,17H,5,16H2,1H3/t9-,10+/m1/s1. The number of ether oxygens (including phenoxy) is 1. The van der Waals surface area contributed by atoms with Gasteiger partial charge >= 0.3 is 6.18 Å². The summed E-state index contributed by atoms with van der Waals surface area (Å²) in [4.78, 5) is 0. The summed E-state index contributed by atoms with van der Waals surface area (Å²) in [5, 5.41) is 9.54. The maximum atomic E-state index is 13.5. The van der Waals surface area contributed by atoms with Crippen molar-refractivity contribution in [3.63, 3.8) is 0 Å². The zero-order chi connectivity index (χ0) is 13.9. The normalized spacial score (nSPS) is 15.3. The van der Waals surface area contributed by atoms with E-state index in [9.17, 15) is 22.7 Å². The van der Waals surface area contributed by atoms with Gasteiger partial charge in [0.1, 0.15) is 17.6 Å². The minimum absolute atomic E-state index is 0.212. The Balaban J connectivity index is 2.81. The highest BCUT2D eigenvalue weighted by atomic mass is 19.4. The molecule has 7 heteroatoms. The van der Waals surface area contributed by atoms with E-state index in [0.717, 1.165) is 6.07 Å². The van der Waals surface area contributed by atoms with Crippen LogP contribution in [0.5, 0.6) is 5.75 Å². The van der Waals surface area contributed by atoms with Gasteiger partial charge in [-0.1, -0.05) is 0 Å². The molecule has 1 aromatic rings. The lowest BCUT2D eigenvalue weighted by molar-refractivity contribution is -0.154. The van der Waals surface area contributed by atoms with Crippen molar-refractivity contribution >= 4 is 0 Å². The lowest BCUT2D eigenvalue weighted by Crippen LogP contribution is -2.38. The van der Waals surface area contributed by atoms with Crippen molar-refractivity contribution in [1.29, 1.82) is 0 Å². The Morgan fingerprint density at radius 2 is 2.00 bits per heavy atom. The average molecular weight is 267 g/mol. The molecule has 18 heavy (non-hydrogen) atoms. The SMILES string of the molecule is COc1ccc([C@H](O)C[C@H](N)C(F)(F)F)c(F)c1. The molecule has 0 radical (unpaired) electrons. The third-order valence-corrected chi connectivity index (χ3v) is 2.46. The Hall–Kier alpha value is -1.34. The second-order valence-corrected chi connectivity index (χ2v) is 3.79. The van der Waals surface area contributed by atoms with Crippen molar-refractivity contribution in [2.24, 2.45) is 5.73 Å². The number of alkyl halides is 3. The van der Waals surface area contributed by atoms with E-state index in [0.29, 0.717) is 0 Å². The van der Waals surface area contributed by atoms with Gasteiger partial charge in [-0.3, -0.25) is 0 Å². The Labute approximate surface area is 101 Å². The van der Waals surface area contributed by atoms with Crippen molar-refractivity contribution in [2.45, 2.75) is 24.7 Å². The zero-order valence-electron chi connectivity index (χ0n) is 9.54. The molecule has 1 aromatic carbocycles. The molecule has 0 aliphatic heterocycles. The van der Waals surface area contributed by atoms with Crippen LogP contribution < -0.4 is 10.5 Å². The minimum Gasteiger partial charge on any atom is -0.497 e. The monoisotopic (exact) mass is 267 g/mol. The van der Waals surface area contributed by atoms with E-state index < -0.39 is 30.6 Å². The van der Waals surface area contributed by atoms with Gasteiger partial charge in [-0.2, -0.15) is 13.2 Å². The van der Waals surface area contributed by atoms with Crippen LogP contribution in [0.2, 0.25) is 0 Å². The first-order valence-corrected chi connectivity index (χ1v) is 5.09. The number of hydrogen-bond donors (Lipinski definition) is 2. The predicted octanol–water partition coefficient (Wildman–Crippen LogP) is 2.15. The number of aliphatic hydroxyl groups is 1. The van der Waals surface area contributed by atoms with E-state index in [1.54, 1.807) is 0 Å². The van der Waals surface area contributed by atoms with Crippen molar-refractivity contribution in [2.75, 3.05) is 7.11 Å². The van der Waals surface area contributed by atoms with E-state index in [2.05, 4.69) is 0 Å². The quantitative estimate of drug-likeness (QED) is 0.822. The second-order valence-electron chi connectivity index (χ2n) is 3.79. The van der Waals surface area contributed by atoms with Gasteiger partial charge < -0.3 is 15.6 Å². The van der Waals surface area contributed by atoms with Gasteiger partial charge in [0.2, 0.25) is 0 Å². The van der Waals surface area contributed by atoms with Crippen LogP contribution in [0.1, 0.15) is 18.1 Å². The van der Waals surface area contributed by atoms with Crippen LogP contribution in [-0.4, -0.2) is 24.4 Å². The molecule has 0 unspecified atom stereocenters. The van der Waals surface area contributed by atoms with E-state index in [1.807, 2.05) is 0 Å². The number of benzene rings is 1. The fourth-order valence-electron chi connectivity index (χ4n) is 1.41. The van der Waals surface area contributed by atoms with Crippen LogP contribution in [0.25, 0.3) is 0 Å². The summed E-state index contributed by atoms with van der Waals surface area (Å²) >= 11 is 0. The van der Waals surface area contributed by atoms with Gasteiger partial charge in [0.15, 0.2) is 0 Å². The molecule has 2 atom stereocenters. The predicted molar refractivity (Wildman–Crippen MR) is 56.6 cm³/mol. The molecule has 0 aliphatic carbocycles. The highest BCUT2D eigenvalue weighted by Gasteiger charge is 2.38. The highest BCUT2D eigenvalue weighted by Crippen LogP contribution is 2.29. The van der Waals surface area contributed by atoms with Crippen LogP contribution in [0, 0.1) is 5.82 Å². The smallest absolute Gasteiger partial charge is 0.403 e. The first-order valence-electron chi connectivity index (χ1n) is 5.09. The van der Waals surface area contributed by atoms with Gasteiger partial charge in [0.25, 0.3) is 0 Å². The Morgan fingerprint density at radius 3 is 2.44 bits per heavy atom. The van der Waals surface area contributed by atoms with Gasteiger partial charge in [-0.15, -0.1) is 0 Å². The van der Waals surface area contributed by atoms with E-state index >= 15 is 0 Å². The van der Waals surface area contributed by atoms with Crippen molar-refractivity contribution in [3.8, 4) is 5.75 Å². The molecule has 0 aromatic heterocycles. The number of hydrogen-bond acceptors (Lipinski definition) is 3. The maximum absolute atomic E-state index is 13.5. The number of nitrogens with two attached hydrogens (primary N) is 1. The fraction of sp³-hybridized carbons (Fsp3) is 0.455. The largest absolute Gasteiger partial charge is 0.497 e. The third kappa shape index (κ3) is 3.58. The van der Waals surface area contributed by atoms with Crippen LogP contribution in [0.15, 0.2) is 18.2 Å². The summed E-state index contributed by atoms with van der Waals surface area (Å²) in [6.07, 6.45) is -7.04. The Kier molecular flexibility index (Phi) is 4.53. The molecule has 1 rings (SSSR count). The van der Waals surface area contributed by atoms with Crippen LogP contribution in [-0.2, 0) is 0 Å². The highest BCUT2D eigenvalue weighted by molar-refractivity contribution is 5.30. The topological polar surface area (TPSA) is 55.5 Å². The number of methoxy groups -OCH3 is 1. The molecule has 0 heterocycles. The lowest BCUT2D eigenvalue weighted by atomic mass is 10.0. The molecule has 3 N–H and O–H groups in total.